The van der Waals surface area contributed by atoms with Crippen LogP contribution < -0.4 is 0 Å². The van der Waals surface area contributed by atoms with Gasteiger partial charge >= 0.3 is 5.97 Å². The maximum absolute atomic E-state index is 10.2. The van der Waals surface area contributed by atoms with Gasteiger partial charge in [-0.05, 0) is 44.7 Å². The Morgan fingerprint density at radius 2 is 1.29 bits per heavy atom. The Morgan fingerprint density at radius 1 is 0.952 bits per heavy atom. The molecule has 0 saturated carbocycles. The van der Waals surface area contributed by atoms with E-state index in [1.165, 1.54) is 45.6 Å². The molecule has 0 fully saturated rings. The lowest BCUT2D eigenvalue weighted by Crippen LogP contribution is -1.98. The van der Waals surface area contributed by atoms with Crippen molar-refractivity contribution in [2.45, 2.75) is 66.2 Å². The number of halogens is 1. The lowest BCUT2D eigenvalue weighted by molar-refractivity contribution is -0.136. The molecule has 0 aliphatic rings. The van der Waals surface area contributed by atoms with Crippen LogP contribution in [0.5, 0.6) is 0 Å². The molecule has 0 bridgehead atoms. The molecule has 4 heteroatoms. The van der Waals surface area contributed by atoms with Crippen LogP contribution in [0.15, 0.2) is 12.2 Å². The summed E-state index contributed by atoms with van der Waals surface area (Å²) in [4.78, 5) is 10.2. The highest BCUT2D eigenvalue weighted by Crippen LogP contribution is 2.38. The van der Waals surface area contributed by atoms with Crippen LogP contribution in [0.25, 0.3) is 0 Å². The van der Waals surface area contributed by atoms with Crippen molar-refractivity contribution >= 4 is 30.9 Å². The molecule has 128 valence electrons. The summed E-state index contributed by atoms with van der Waals surface area (Å²) >= 11 is 0. The predicted molar refractivity (Wildman–Crippen MR) is 103 cm³/mol. The Labute approximate surface area is 144 Å². The van der Waals surface area contributed by atoms with Gasteiger partial charge in [-0.15, -0.1) is 24.9 Å². The van der Waals surface area contributed by atoms with Gasteiger partial charge in [0.15, 0.2) is 0 Å². The first-order valence-corrected chi connectivity index (χ1v) is 9.89. The van der Waals surface area contributed by atoms with Crippen molar-refractivity contribution in [3.63, 3.8) is 0 Å². The van der Waals surface area contributed by atoms with Gasteiger partial charge in [0.1, 0.15) is 0 Å². The number of ether oxygens (including phenoxy) is 1. The third-order valence-corrected chi connectivity index (χ3v) is 5.86. The van der Waals surface area contributed by atoms with Crippen molar-refractivity contribution < 1.29 is 9.53 Å². The van der Waals surface area contributed by atoms with Crippen LogP contribution >= 0.6 is 24.9 Å². The Hall–Kier alpha value is 0.120. The number of unbranched alkanes of at least 4 members (excludes halogenated alkanes) is 3. The summed E-state index contributed by atoms with van der Waals surface area (Å²) in [5.74, 6) is -0.347. The van der Waals surface area contributed by atoms with Crippen LogP contribution in [0.1, 0.15) is 66.2 Å². The average molecular weight is 383 g/mol. The van der Waals surface area contributed by atoms with Crippen molar-refractivity contribution in [2.24, 2.45) is 0 Å². The Kier molecular flexibility index (Phi) is 24.9. The molecule has 0 unspecified atom stereocenters. The largest absolute Gasteiger partial charge is 0.466 e. The topological polar surface area (TPSA) is 26.3 Å². The molecule has 0 aromatic heterocycles. The van der Waals surface area contributed by atoms with Crippen molar-refractivity contribution in [1.29, 1.82) is 0 Å². The van der Waals surface area contributed by atoms with Gasteiger partial charge in [0.25, 0.3) is 0 Å². The molecule has 0 saturated heterocycles. The average Bonchev–Trinajstić information content (AvgIpc) is 2.46. The van der Waals surface area contributed by atoms with Crippen LogP contribution in [0.4, 0.5) is 0 Å². The van der Waals surface area contributed by atoms with Crippen LogP contribution in [-0.4, -0.2) is 31.6 Å². The molecule has 2 nitrogen and oxygen atoms in total. The standard InChI is InChI=1S/C12H27P.C5H8O2.BrH/c1-4-7-10-13(11-8-5-2)12-9-6-3;1-4(2)5(6)7-3;/h4-12H2,1-3H3;1H2,2-3H3;1H. The highest BCUT2D eigenvalue weighted by atomic mass is 79.9. The molecular formula is C17H36BrO2P. The number of hydrogen-bond donors (Lipinski definition) is 0. The van der Waals surface area contributed by atoms with Gasteiger partial charge in [-0.2, -0.15) is 0 Å². The summed E-state index contributed by atoms with van der Waals surface area (Å²) in [6.45, 7) is 11.9. The summed E-state index contributed by atoms with van der Waals surface area (Å²) in [7, 11) is 1.75. The van der Waals surface area contributed by atoms with E-state index in [0.717, 1.165) is 0 Å². The van der Waals surface area contributed by atoms with Gasteiger partial charge in [-0.1, -0.05) is 46.6 Å². The molecule has 0 N–H and O–H groups in total. The van der Waals surface area contributed by atoms with E-state index in [9.17, 15) is 4.79 Å². The molecule has 0 radical (unpaired) electrons. The third kappa shape index (κ3) is 20.1. The van der Waals surface area contributed by atoms with E-state index in [4.69, 9.17) is 0 Å². The molecule has 0 aromatic carbocycles. The molecule has 0 aromatic rings. The maximum atomic E-state index is 10.2. The number of carbonyl (C=O) groups is 1. The fraction of sp³-hybridized carbons (Fsp3) is 0.824. The van der Waals surface area contributed by atoms with Crippen LogP contribution in [0, 0.1) is 0 Å². The normalized spacial score (nSPS) is 9.43. The first-order chi connectivity index (χ1) is 9.53. The van der Waals surface area contributed by atoms with Gasteiger partial charge in [-0.25, -0.2) is 4.79 Å². The van der Waals surface area contributed by atoms with E-state index < -0.39 is 0 Å². The summed E-state index contributed by atoms with van der Waals surface area (Å²) in [5, 5.41) is 0. The van der Waals surface area contributed by atoms with E-state index in [1.807, 2.05) is 0 Å². The number of rotatable bonds is 10. The summed E-state index contributed by atoms with van der Waals surface area (Å²) in [6, 6.07) is 0. The zero-order valence-electron chi connectivity index (χ0n) is 14.7. The van der Waals surface area contributed by atoms with Gasteiger partial charge < -0.3 is 4.74 Å². The number of methoxy groups -OCH3 is 1. The van der Waals surface area contributed by atoms with E-state index in [2.05, 4.69) is 32.1 Å². The van der Waals surface area contributed by atoms with Crippen molar-refractivity contribution in [2.75, 3.05) is 25.6 Å². The second kappa shape index (κ2) is 20.1. The minimum Gasteiger partial charge on any atom is -0.466 e. The Bertz CT molecular complexity index is 226. The number of hydrogen-bond acceptors (Lipinski definition) is 2. The van der Waals surface area contributed by atoms with Gasteiger partial charge in [0, 0.05) is 5.57 Å². The quantitative estimate of drug-likeness (QED) is 0.256. The zero-order chi connectivity index (χ0) is 15.8. The van der Waals surface area contributed by atoms with Crippen molar-refractivity contribution in [3.8, 4) is 0 Å². The maximum Gasteiger partial charge on any atom is 0.332 e. The second-order valence-electron chi connectivity index (χ2n) is 5.17. The molecular weight excluding hydrogens is 347 g/mol. The molecule has 0 heterocycles. The Morgan fingerprint density at radius 3 is 1.43 bits per heavy atom. The first kappa shape index (κ1) is 26.0. The fourth-order valence-electron chi connectivity index (χ4n) is 1.65. The number of carbonyl (C=O) groups excluding carboxylic acids is 1. The lowest BCUT2D eigenvalue weighted by atomic mass is 10.4. The molecule has 21 heavy (non-hydrogen) atoms. The van der Waals surface area contributed by atoms with Crippen LogP contribution in [-0.2, 0) is 9.53 Å². The lowest BCUT2D eigenvalue weighted by Gasteiger charge is -2.16. The minimum absolute atomic E-state index is 0. The highest BCUT2D eigenvalue weighted by molar-refractivity contribution is 8.93. The smallest absolute Gasteiger partial charge is 0.332 e. The molecule has 0 aliphatic heterocycles. The summed E-state index contributed by atoms with van der Waals surface area (Å²) in [5.41, 5.74) is 0.433. The third-order valence-electron chi connectivity index (χ3n) is 3.02. The molecule has 0 atom stereocenters. The number of esters is 1. The molecule has 0 spiro atoms. The summed E-state index contributed by atoms with van der Waals surface area (Å²) in [6.07, 6.45) is 13.2. The van der Waals surface area contributed by atoms with Crippen molar-refractivity contribution in [3.05, 3.63) is 12.2 Å². The first-order valence-electron chi connectivity index (χ1n) is 7.99. The van der Waals surface area contributed by atoms with Gasteiger partial charge in [-0.3, -0.25) is 0 Å². The van der Waals surface area contributed by atoms with Crippen LogP contribution in [0.3, 0.4) is 0 Å². The zero-order valence-corrected chi connectivity index (χ0v) is 17.4. The molecule has 0 rings (SSSR count). The van der Waals surface area contributed by atoms with Crippen molar-refractivity contribution in [1.82, 2.24) is 0 Å². The molecule has 0 amide bonds. The minimum atomic E-state index is -0.347. The van der Waals surface area contributed by atoms with E-state index in [-0.39, 0.29) is 23.0 Å². The summed E-state index contributed by atoms with van der Waals surface area (Å²) < 4.78 is 4.27. The Balaban J connectivity index is -0.000000347. The van der Waals surface area contributed by atoms with Gasteiger partial charge in [0.05, 0.1) is 7.11 Å². The van der Waals surface area contributed by atoms with E-state index in [0.29, 0.717) is 13.5 Å². The van der Waals surface area contributed by atoms with Gasteiger partial charge in [0.2, 0.25) is 0 Å². The van der Waals surface area contributed by atoms with Crippen LogP contribution in [0.2, 0.25) is 0 Å². The highest BCUT2D eigenvalue weighted by Gasteiger charge is 2.05. The predicted octanol–water partition coefficient (Wildman–Crippen LogP) is 6.18. The fourth-order valence-corrected chi connectivity index (χ4v) is 4.62. The SMILES string of the molecule is Br.C=C(C)C(=O)OC.CCCCP(CCCC)CCCC. The van der Waals surface area contributed by atoms with E-state index in [1.54, 1.807) is 25.4 Å². The monoisotopic (exact) mass is 382 g/mol. The second-order valence-corrected chi connectivity index (χ2v) is 7.86. The van der Waals surface area contributed by atoms with E-state index >= 15 is 0 Å². The molecule has 0 aliphatic carbocycles.